The van der Waals surface area contributed by atoms with Gasteiger partial charge in [-0.1, -0.05) is 6.07 Å². The van der Waals surface area contributed by atoms with Gasteiger partial charge in [0, 0.05) is 31.4 Å². The molecule has 1 N–H and O–H groups in total. The van der Waals surface area contributed by atoms with Crippen LogP contribution >= 0.6 is 0 Å². The summed E-state index contributed by atoms with van der Waals surface area (Å²) in [6, 6.07) is 6.60. The summed E-state index contributed by atoms with van der Waals surface area (Å²) >= 11 is 0. The van der Waals surface area contributed by atoms with Crippen molar-refractivity contribution < 1.29 is 19.4 Å². The highest BCUT2D eigenvalue weighted by molar-refractivity contribution is 5.97. The van der Waals surface area contributed by atoms with Crippen LogP contribution in [-0.4, -0.2) is 47.7 Å². The molecular weight excluding hydrogens is 282 g/mol. The molecule has 0 spiro atoms. The van der Waals surface area contributed by atoms with E-state index in [0.717, 1.165) is 45.4 Å². The Balaban J connectivity index is 1.78. The molecule has 0 bridgehead atoms. The van der Waals surface area contributed by atoms with Crippen LogP contribution in [0.4, 0.5) is 0 Å². The van der Waals surface area contributed by atoms with E-state index in [4.69, 9.17) is 9.84 Å². The van der Waals surface area contributed by atoms with Gasteiger partial charge in [0.05, 0.1) is 5.56 Å². The molecule has 5 heteroatoms. The summed E-state index contributed by atoms with van der Waals surface area (Å²) in [4.78, 5) is 25.8. The summed E-state index contributed by atoms with van der Waals surface area (Å²) in [5.41, 5.74) is 0.631. The Labute approximate surface area is 129 Å². The third kappa shape index (κ3) is 2.99. The second kappa shape index (κ2) is 6.48. The Morgan fingerprint density at radius 1 is 1.14 bits per heavy atom. The number of rotatable bonds is 3. The smallest absolute Gasteiger partial charge is 0.335 e. The minimum atomic E-state index is -1.00. The molecule has 5 nitrogen and oxygen atoms in total. The van der Waals surface area contributed by atoms with Crippen LogP contribution in [-0.2, 0) is 4.74 Å². The molecule has 0 saturated carbocycles. The number of carboxylic acid groups (broad SMARTS) is 1. The summed E-state index contributed by atoms with van der Waals surface area (Å²) < 4.78 is 5.41. The van der Waals surface area contributed by atoms with Crippen LogP contribution in [0.3, 0.4) is 0 Å². The third-order valence-corrected chi connectivity index (χ3v) is 4.73. The highest BCUT2D eigenvalue weighted by Crippen LogP contribution is 2.31. The van der Waals surface area contributed by atoms with Gasteiger partial charge in [-0.3, -0.25) is 4.79 Å². The Morgan fingerprint density at radius 2 is 1.86 bits per heavy atom. The van der Waals surface area contributed by atoms with E-state index in [1.165, 1.54) is 12.1 Å². The third-order valence-electron chi connectivity index (χ3n) is 4.73. The highest BCUT2D eigenvalue weighted by Gasteiger charge is 2.35. The number of amides is 1. The quantitative estimate of drug-likeness (QED) is 0.931. The number of carboxylic acids is 1. The van der Waals surface area contributed by atoms with Gasteiger partial charge in [0.1, 0.15) is 0 Å². The summed E-state index contributed by atoms with van der Waals surface area (Å²) in [7, 11) is 0. The largest absolute Gasteiger partial charge is 0.478 e. The van der Waals surface area contributed by atoms with Crippen LogP contribution in [0.15, 0.2) is 24.3 Å². The fourth-order valence-electron chi connectivity index (χ4n) is 3.59. The van der Waals surface area contributed by atoms with E-state index in [-0.39, 0.29) is 17.5 Å². The van der Waals surface area contributed by atoms with Crippen LogP contribution in [0.1, 0.15) is 46.4 Å². The molecule has 0 radical (unpaired) electrons. The maximum absolute atomic E-state index is 12.8. The molecule has 1 aromatic carbocycles. The molecule has 1 amide bonds. The fourth-order valence-corrected chi connectivity index (χ4v) is 3.59. The molecule has 2 aliphatic rings. The van der Waals surface area contributed by atoms with Crippen molar-refractivity contribution in [1.82, 2.24) is 4.90 Å². The summed E-state index contributed by atoms with van der Waals surface area (Å²) in [5.74, 6) is -0.544. The van der Waals surface area contributed by atoms with E-state index in [0.29, 0.717) is 11.5 Å². The number of carbonyl (C=O) groups is 2. The van der Waals surface area contributed by atoms with Crippen LogP contribution in [0.2, 0.25) is 0 Å². The fraction of sp³-hybridized carbons (Fsp3) is 0.529. The van der Waals surface area contributed by atoms with Gasteiger partial charge < -0.3 is 14.7 Å². The molecule has 22 heavy (non-hydrogen) atoms. The van der Waals surface area contributed by atoms with Crippen LogP contribution in [0, 0.1) is 5.92 Å². The SMILES string of the molecule is O=C(O)c1cccc(C(=O)N2CCCC2C2CCOCC2)c1. The maximum atomic E-state index is 12.8. The highest BCUT2D eigenvalue weighted by atomic mass is 16.5. The summed E-state index contributed by atoms with van der Waals surface area (Å²) in [5, 5.41) is 9.07. The zero-order valence-electron chi connectivity index (χ0n) is 12.5. The van der Waals surface area contributed by atoms with E-state index in [9.17, 15) is 9.59 Å². The Kier molecular flexibility index (Phi) is 4.43. The van der Waals surface area contributed by atoms with Crippen molar-refractivity contribution in [3.63, 3.8) is 0 Å². The number of hydrogen-bond donors (Lipinski definition) is 1. The van der Waals surface area contributed by atoms with E-state index in [2.05, 4.69) is 0 Å². The average Bonchev–Trinajstić information content (AvgIpc) is 3.04. The zero-order chi connectivity index (χ0) is 15.5. The van der Waals surface area contributed by atoms with Crippen molar-refractivity contribution in [2.45, 2.75) is 31.7 Å². The first kappa shape index (κ1) is 15.0. The molecule has 0 aliphatic carbocycles. The van der Waals surface area contributed by atoms with Gasteiger partial charge in [-0.25, -0.2) is 4.79 Å². The molecule has 118 valence electrons. The number of likely N-dealkylation sites (tertiary alicyclic amines) is 1. The lowest BCUT2D eigenvalue weighted by molar-refractivity contribution is 0.0322. The minimum Gasteiger partial charge on any atom is -0.478 e. The lowest BCUT2D eigenvalue weighted by atomic mass is 9.90. The standard InChI is InChI=1S/C17H21NO4/c19-16(13-3-1-4-14(11-13)17(20)21)18-8-2-5-15(18)12-6-9-22-10-7-12/h1,3-4,11-12,15H,2,5-10H2,(H,20,21). The predicted molar refractivity (Wildman–Crippen MR) is 81.0 cm³/mol. The van der Waals surface area contributed by atoms with Crippen LogP contribution in [0.5, 0.6) is 0 Å². The lowest BCUT2D eigenvalue weighted by Crippen LogP contribution is -2.42. The van der Waals surface area contributed by atoms with Crippen LogP contribution in [0.25, 0.3) is 0 Å². The first-order valence-corrected chi connectivity index (χ1v) is 7.89. The number of nitrogens with zero attached hydrogens (tertiary/aromatic N) is 1. The normalized spacial score (nSPS) is 22.7. The minimum absolute atomic E-state index is 0.0444. The predicted octanol–water partition coefficient (Wildman–Crippen LogP) is 2.42. The number of carbonyl (C=O) groups excluding carboxylic acids is 1. The van der Waals surface area contributed by atoms with Crippen molar-refractivity contribution in [2.24, 2.45) is 5.92 Å². The first-order valence-electron chi connectivity index (χ1n) is 7.89. The lowest BCUT2D eigenvalue weighted by Gasteiger charge is -2.34. The van der Waals surface area contributed by atoms with Gasteiger partial charge in [0.2, 0.25) is 0 Å². The van der Waals surface area contributed by atoms with E-state index >= 15 is 0 Å². The van der Waals surface area contributed by atoms with Gasteiger partial charge in [-0.15, -0.1) is 0 Å². The van der Waals surface area contributed by atoms with E-state index < -0.39 is 5.97 Å². The molecule has 1 aromatic rings. The topological polar surface area (TPSA) is 66.8 Å². The van der Waals surface area contributed by atoms with Crippen molar-refractivity contribution in [1.29, 1.82) is 0 Å². The molecular formula is C17H21NO4. The molecule has 2 heterocycles. The van der Waals surface area contributed by atoms with Crippen molar-refractivity contribution in [3.8, 4) is 0 Å². The first-order chi connectivity index (χ1) is 10.7. The zero-order valence-corrected chi connectivity index (χ0v) is 12.5. The van der Waals surface area contributed by atoms with Gasteiger partial charge in [-0.2, -0.15) is 0 Å². The molecule has 1 unspecified atom stereocenters. The number of benzene rings is 1. The van der Waals surface area contributed by atoms with Gasteiger partial charge in [0.25, 0.3) is 5.91 Å². The van der Waals surface area contributed by atoms with Crippen molar-refractivity contribution in [3.05, 3.63) is 35.4 Å². The van der Waals surface area contributed by atoms with Crippen molar-refractivity contribution >= 4 is 11.9 Å². The van der Waals surface area contributed by atoms with E-state index in [1.54, 1.807) is 12.1 Å². The molecule has 2 fully saturated rings. The van der Waals surface area contributed by atoms with E-state index in [1.807, 2.05) is 4.90 Å². The van der Waals surface area contributed by atoms with Crippen LogP contribution < -0.4 is 0 Å². The number of hydrogen-bond acceptors (Lipinski definition) is 3. The molecule has 3 rings (SSSR count). The Hall–Kier alpha value is -1.88. The van der Waals surface area contributed by atoms with Gasteiger partial charge >= 0.3 is 5.97 Å². The van der Waals surface area contributed by atoms with Gasteiger partial charge in [-0.05, 0) is 49.8 Å². The monoisotopic (exact) mass is 303 g/mol. The second-order valence-corrected chi connectivity index (χ2v) is 6.04. The van der Waals surface area contributed by atoms with Crippen molar-refractivity contribution in [2.75, 3.05) is 19.8 Å². The summed E-state index contributed by atoms with van der Waals surface area (Å²) in [6.45, 7) is 2.31. The Bertz CT molecular complexity index is 566. The average molecular weight is 303 g/mol. The molecule has 2 aliphatic heterocycles. The summed E-state index contributed by atoms with van der Waals surface area (Å²) in [6.07, 6.45) is 4.06. The van der Waals surface area contributed by atoms with Gasteiger partial charge in [0.15, 0.2) is 0 Å². The molecule has 2 saturated heterocycles. The number of aromatic carboxylic acids is 1. The maximum Gasteiger partial charge on any atom is 0.335 e. The Morgan fingerprint density at radius 3 is 2.59 bits per heavy atom. The second-order valence-electron chi connectivity index (χ2n) is 6.04. The number of ether oxygens (including phenoxy) is 1. The molecule has 0 aromatic heterocycles. The molecule has 1 atom stereocenters.